The van der Waals surface area contributed by atoms with E-state index in [1.165, 1.54) is 30.6 Å². The largest absolute Gasteiger partial charge is 0.485 e. The first kappa shape index (κ1) is 25.1. The fourth-order valence-corrected chi connectivity index (χ4v) is 3.75. The first-order valence-corrected chi connectivity index (χ1v) is 10.4. The summed E-state index contributed by atoms with van der Waals surface area (Å²) in [4.78, 5) is 4.24. The second-order valence-electron chi connectivity index (χ2n) is 7.74. The lowest BCUT2D eigenvalue weighted by molar-refractivity contribution is -0.156. The molecular weight excluding hydrogens is 502 g/mol. The SMILES string of the molecule is Cl.NC1(c2cccc(F)c2OCc2ccccc2)NC=Nc2ccc(-c3nnc(C(F)(F)F)o3)cc21. The van der Waals surface area contributed by atoms with Gasteiger partial charge in [0.05, 0.1) is 12.0 Å². The summed E-state index contributed by atoms with van der Waals surface area (Å²) in [5, 5.41) is 9.49. The molecule has 0 bridgehead atoms. The summed E-state index contributed by atoms with van der Waals surface area (Å²) < 4.78 is 64.3. The molecule has 2 heterocycles. The molecule has 5 rings (SSSR count). The van der Waals surface area contributed by atoms with Crippen molar-refractivity contribution >= 4 is 24.4 Å². The van der Waals surface area contributed by atoms with Gasteiger partial charge < -0.3 is 20.2 Å². The van der Waals surface area contributed by atoms with Gasteiger partial charge in [-0.15, -0.1) is 22.6 Å². The molecule has 3 N–H and O–H groups in total. The van der Waals surface area contributed by atoms with Crippen LogP contribution in [-0.2, 0) is 18.4 Å². The Balaban J connectivity index is 0.00000304. The van der Waals surface area contributed by atoms with Crippen molar-refractivity contribution in [3.63, 3.8) is 0 Å². The van der Waals surface area contributed by atoms with E-state index in [2.05, 4.69) is 20.5 Å². The third kappa shape index (κ3) is 4.62. The number of halogens is 5. The fourth-order valence-electron chi connectivity index (χ4n) is 3.75. The van der Waals surface area contributed by atoms with Crippen molar-refractivity contribution in [2.24, 2.45) is 10.7 Å². The third-order valence-electron chi connectivity index (χ3n) is 5.45. The summed E-state index contributed by atoms with van der Waals surface area (Å²) in [6, 6.07) is 18.0. The van der Waals surface area contributed by atoms with E-state index in [9.17, 15) is 17.6 Å². The highest BCUT2D eigenvalue weighted by molar-refractivity contribution is 5.85. The number of hydrogen-bond donors (Lipinski definition) is 2. The Kier molecular flexibility index (Phi) is 6.70. The molecule has 0 saturated heterocycles. The van der Waals surface area contributed by atoms with Crippen LogP contribution in [0.15, 0.2) is 76.1 Å². The normalized spacial score (nSPS) is 16.6. The van der Waals surface area contributed by atoms with Crippen molar-refractivity contribution in [1.82, 2.24) is 15.5 Å². The smallest absolute Gasteiger partial charge is 0.470 e. The quantitative estimate of drug-likeness (QED) is 0.346. The number of hydrogen-bond acceptors (Lipinski definition) is 7. The summed E-state index contributed by atoms with van der Waals surface area (Å²) in [6.45, 7) is 0.0913. The number of aliphatic imine (C=N–C) groups is 1. The van der Waals surface area contributed by atoms with Gasteiger partial charge in [-0.05, 0) is 29.8 Å². The lowest BCUT2D eigenvalue weighted by atomic mass is 9.88. The minimum atomic E-state index is -4.78. The number of ether oxygens (including phenoxy) is 1. The maximum Gasteiger partial charge on any atom is 0.470 e. The van der Waals surface area contributed by atoms with Gasteiger partial charge in [0.1, 0.15) is 12.3 Å². The van der Waals surface area contributed by atoms with Gasteiger partial charge in [0.25, 0.3) is 0 Å². The van der Waals surface area contributed by atoms with Gasteiger partial charge in [-0.2, -0.15) is 13.2 Å². The van der Waals surface area contributed by atoms with E-state index in [0.717, 1.165) is 5.56 Å². The molecule has 7 nitrogen and oxygen atoms in total. The van der Waals surface area contributed by atoms with Crippen LogP contribution in [0.1, 0.15) is 22.6 Å². The minimum absolute atomic E-state index is 0. The Labute approximate surface area is 208 Å². The molecule has 0 saturated carbocycles. The highest BCUT2D eigenvalue weighted by Gasteiger charge is 2.40. The Bertz CT molecular complexity index is 1410. The number of rotatable bonds is 5. The third-order valence-corrected chi connectivity index (χ3v) is 5.45. The van der Waals surface area contributed by atoms with Crippen molar-refractivity contribution in [2.75, 3.05) is 0 Å². The van der Waals surface area contributed by atoms with Crippen LogP contribution < -0.4 is 15.8 Å². The van der Waals surface area contributed by atoms with Gasteiger partial charge in [-0.1, -0.05) is 42.5 Å². The summed E-state index contributed by atoms with van der Waals surface area (Å²) >= 11 is 0. The van der Waals surface area contributed by atoms with Gasteiger partial charge in [0.2, 0.25) is 5.89 Å². The molecule has 1 aliphatic heterocycles. The number of aromatic nitrogens is 2. The Hall–Kier alpha value is -3.96. The standard InChI is InChI=1S/C24H17F4N5O2.ClH/c25-18-8-4-7-16(20(18)34-12-14-5-2-1-3-6-14)23(29)17-11-15(9-10-19(17)30-13-31-23)21-32-33-22(35-21)24(26,27)28;/h1-11,13H,12,29H2,(H,30,31);1H. The molecule has 0 fully saturated rings. The van der Waals surface area contributed by atoms with Gasteiger partial charge in [0.15, 0.2) is 11.6 Å². The van der Waals surface area contributed by atoms with E-state index >= 15 is 0 Å². The predicted octanol–water partition coefficient (Wildman–Crippen LogP) is 5.32. The molecule has 0 radical (unpaired) electrons. The van der Waals surface area contributed by atoms with Crippen LogP contribution in [0.3, 0.4) is 0 Å². The maximum atomic E-state index is 14.9. The van der Waals surface area contributed by atoms with E-state index in [0.29, 0.717) is 11.3 Å². The molecule has 1 aromatic heterocycles. The molecule has 1 unspecified atom stereocenters. The maximum absolute atomic E-state index is 14.9. The van der Waals surface area contributed by atoms with Crippen LogP contribution in [0.5, 0.6) is 5.75 Å². The summed E-state index contributed by atoms with van der Waals surface area (Å²) in [5.74, 6) is -2.52. The number of para-hydroxylation sites is 1. The van der Waals surface area contributed by atoms with Gasteiger partial charge in [0, 0.05) is 16.7 Å². The van der Waals surface area contributed by atoms with Crippen molar-refractivity contribution in [2.45, 2.75) is 18.4 Å². The van der Waals surface area contributed by atoms with E-state index in [-0.39, 0.29) is 41.8 Å². The van der Waals surface area contributed by atoms with Gasteiger partial charge in [-0.3, -0.25) is 0 Å². The second-order valence-corrected chi connectivity index (χ2v) is 7.74. The number of fused-ring (bicyclic) bond motifs is 1. The average Bonchev–Trinajstić information content (AvgIpc) is 3.35. The van der Waals surface area contributed by atoms with Crippen LogP contribution in [0, 0.1) is 5.82 Å². The molecule has 0 amide bonds. The Morgan fingerprint density at radius 1 is 0.972 bits per heavy atom. The van der Waals surface area contributed by atoms with E-state index in [4.69, 9.17) is 14.9 Å². The number of nitrogens with zero attached hydrogens (tertiary/aromatic N) is 3. The van der Waals surface area contributed by atoms with Crippen LogP contribution in [-0.4, -0.2) is 16.5 Å². The zero-order chi connectivity index (χ0) is 24.6. The van der Waals surface area contributed by atoms with Crippen LogP contribution in [0.4, 0.5) is 23.2 Å². The molecule has 0 aliphatic carbocycles. The Morgan fingerprint density at radius 2 is 1.75 bits per heavy atom. The molecule has 36 heavy (non-hydrogen) atoms. The zero-order valence-corrected chi connectivity index (χ0v) is 19.1. The monoisotopic (exact) mass is 519 g/mol. The van der Waals surface area contributed by atoms with E-state index in [1.54, 1.807) is 12.1 Å². The number of benzene rings is 3. The number of nitrogens with one attached hydrogen (secondary N) is 1. The van der Waals surface area contributed by atoms with Gasteiger partial charge in [-0.25, -0.2) is 9.38 Å². The zero-order valence-electron chi connectivity index (χ0n) is 18.3. The van der Waals surface area contributed by atoms with Crippen molar-refractivity contribution in [3.05, 3.63) is 95.1 Å². The fraction of sp³-hybridized carbons (Fsp3) is 0.125. The van der Waals surface area contributed by atoms with Crippen molar-refractivity contribution in [1.29, 1.82) is 0 Å². The first-order chi connectivity index (χ1) is 16.8. The van der Waals surface area contributed by atoms with E-state index < -0.39 is 23.5 Å². The summed E-state index contributed by atoms with van der Waals surface area (Å²) in [6.07, 6.45) is -3.42. The lowest BCUT2D eigenvalue weighted by Gasteiger charge is -2.35. The number of alkyl halides is 3. The summed E-state index contributed by atoms with van der Waals surface area (Å²) in [7, 11) is 0. The molecule has 186 valence electrons. The Morgan fingerprint density at radius 3 is 2.47 bits per heavy atom. The predicted molar refractivity (Wildman–Crippen MR) is 125 cm³/mol. The van der Waals surface area contributed by atoms with Crippen LogP contribution in [0.2, 0.25) is 0 Å². The second kappa shape index (κ2) is 9.59. The minimum Gasteiger partial charge on any atom is -0.485 e. The highest BCUT2D eigenvalue weighted by Crippen LogP contribution is 2.41. The number of nitrogens with two attached hydrogens (primary N) is 1. The molecule has 12 heteroatoms. The molecule has 4 aromatic rings. The van der Waals surface area contributed by atoms with Crippen LogP contribution >= 0.6 is 12.4 Å². The van der Waals surface area contributed by atoms with Crippen molar-refractivity contribution < 1.29 is 26.7 Å². The first-order valence-electron chi connectivity index (χ1n) is 10.4. The van der Waals surface area contributed by atoms with E-state index in [1.807, 2.05) is 30.3 Å². The lowest BCUT2D eigenvalue weighted by Crippen LogP contribution is -2.52. The topological polar surface area (TPSA) is 98.6 Å². The molecule has 1 aliphatic rings. The highest BCUT2D eigenvalue weighted by atomic mass is 35.5. The molecule has 0 spiro atoms. The molecular formula is C24H18ClF4N5O2. The van der Waals surface area contributed by atoms with Crippen molar-refractivity contribution in [3.8, 4) is 17.2 Å². The summed E-state index contributed by atoms with van der Waals surface area (Å²) in [5.41, 5.74) is 7.26. The molecule has 1 atom stereocenters. The van der Waals surface area contributed by atoms with Gasteiger partial charge >= 0.3 is 12.1 Å². The molecule has 3 aromatic carbocycles. The average molecular weight is 520 g/mol. The van der Waals surface area contributed by atoms with Crippen LogP contribution in [0.25, 0.3) is 11.5 Å².